The molecule has 176 valence electrons. The molecule has 0 bridgehead atoms. The van der Waals surface area contributed by atoms with E-state index in [4.69, 9.17) is 0 Å². The van der Waals surface area contributed by atoms with Crippen LogP contribution in [0.3, 0.4) is 0 Å². The zero-order chi connectivity index (χ0) is 23.8. The lowest BCUT2D eigenvalue weighted by Crippen LogP contribution is -2.50. The molecule has 0 aliphatic carbocycles. The standard InChI is InChI=1S/C22H28N6O3S2/c1-15-5-7-18(8-6-15)33(30,31)27-13-11-26(12-14-27)20(29)10-9-19-16(2)23-21-24-22(32-4)25-28(21)17(19)3/h5-8H,9-14H2,1-4H3. The molecule has 0 atom stereocenters. The highest BCUT2D eigenvalue weighted by Gasteiger charge is 2.30. The number of thioether (sulfide) groups is 1. The van der Waals surface area contributed by atoms with Crippen molar-refractivity contribution in [2.24, 2.45) is 0 Å². The third kappa shape index (κ3) is 4.75. The highest BCUT2D eigenvalue weighted by atomic mass is 32.2. The molecule has 4 rings (SSSR count). The molecule has 1 aliphatic heterocycles. The van der Waals surface area contributed by atoms with E-state index in [1.54, 1.807) is 33.7 Å². The van der Waals surface area contributed by atoms with Crippen molar-refractivity contribution in [3.63, 3.8) is 0 Å². The fraction of sp³-hybridized carbons (Fsp3) is 0.455. The number of hydrogen-bond acceptors (Lipinski definition) is 7. The number of nitrogens with zero attached hydrogens (tertiary/aromatic N) is 6. The summed E-state index contributed by atoms with van der Waals surface area (Å²) in [6, 6.07) is 6.86. The van der Waals surface area contributed by atoms with Crippen LogP contribution in [0.4, 0.5) is 0 Å². The van der Waals surface area contributed by atoms with Crippen LogP contribution in [-0.2, 0) is 21.2 Å². The molecule has 1 aliphatic rings. The predicted octanol–water partition coefficient (Wildman–Crippen LogP) is 2.24. The summed E-state index contributed by atoms with van der Waals surface area (Å²) in [5.41, 5.74) is 3.79. The topological polar surface area (TPSA) is 101 Å². The molecule has 1 aromatic carbocycles. The van der Waals surface area contributed by atoms with Crippen LogP contribution in [0.2, 0.25) is 0 Å². The Hall–Kier alpha value is -2.50. The number of carbonyl (C=O) groups excluding carboxylic acids is 1. The molecule has 0 radical (unpaired) electrons. The molecular formula is C22H28N6O3S2. The first kappa shape index (κ1) is 23.7. The third-order valence-electron chi connectivity index (χ3n) is 6.05. The van der Waals surface area contributed by atoms with Gasteiger partial charge in [0.25, 0.3) is 5.78 Å². The first-order valence-corrected chi connectivity index (χ1v) is 13.5. The van der Waals surface area contributed by atoms with Crippen LogP contribution < -0.4 is 0 Å². The molecule has 1 amide bonds. The minimum Gasteiger partial charge on any atom is -0.340 e. The third-order valence-corrected chi connectivity index (χ3v) is 8.50. The van der Waals surface area contributed by atoms with Gasteiger partial charge in [0, 0.05) is 44.0 Å². The Morgan fingerprint density at radius 1 is 1.03 bits per heavy atom. The van der Waals surface area contributed by atoms with Gasteiger partial charge in [-0.25, -0.2) is 17.9 Å². The zero-order valence-corrected chi connectivity index (χ0v) is 20.9. The second-order valence-electron chi connectivity index (χ2n) is 8.17. The van der Waals surface area contributed by atoms with Gasteiger partial charge in [-0.2, -0.15) is 9.29 Å². The van der Waals surface area contributed by atoms with Gasteiger partial charge in [0.1, 0.15) is 0 Å². The number of aromatic nitrogens is 4. The summed E-state index contributed by atoms with van der Waals surface area (Å²) in [5, 5.41) is 5.12. The smallest absolute Gasteiger partial charge is 0.253 e. The molecule has 0 spiro atoms. The molecule has 3 heterocycles. The van der Waals surface area contributed by atoms with Crippen LogP contribution >= 0.6 is 11.8 Å². The van der Waals surface area contributed by atoms with Crippen LogP contribution in [0.15, 0.2) is 34.3 Å². The number of sulfonamides is 1. The van der Waals surface area contributed by atoms with Crippen molar-refractivity contribution in [3.05, 3.63) is 46.8 Å². The average Bonchev–Trinajstić information content (AvgIpc) is 3.22. The molecule has 1 saturated heterocycles. The Morgan fingerprint density at radius 3 is 2.33 bits per heavy atom. The van der Waals surface area contributed by atoms with Gasteiger partial charge < -0.3 is 4.90 Å². The zero-order valence-electron chi connectivity index (χ0n) is 19.3. The maximum absolute atomic E-state index is 12.9. The minimum absolute atomic E-state index is 0.0182. The normalized spacial score (nSPS) is 15.3. The van der Waals surface area contributed by atoms with Crippen molar-refractivity contribution >= 4 is 33.5 Å². The van der Waals surface area contributed by atoms with Crippen LogP contribution in [0.5, 0.6) is 0 Å². The van der Waals surface area contributed by atoms with E-state index in [2.05, 4.69) is 15.1 Å². The molecule has 9 nitrogen and oxygen atoms in total. The number of rotatable bonds is 6. The van der Waals surface area contributed by atoms with Gasteiger partial charge in [0.15, 0.2) is 0 Å². The van der Waals surface area contributed by atoms with Gasteiger partial charge in [-0.1, -0.05) is 29.5 Å². The van der Waals surface area contributed by atoms with Gasteiger partial charge in [0.05, 0.1) is 4.90 Å². The fourth-order valence-corrected chi connectivity index (χ4v) is 5.82. The van der Waals surface area contributed by atoms with E-state index in [1.165, 1.54) is 16.1 Å². The molecule has 11 heteroatoms. The molecule has 2 aromatic heterocycles. The maximum Gasteiger partial charge on any atom is 0.253 e. The molecule has 0 N–H and O–H groups in total. The van der Waals surface area contributed by atoms with E-state index in [-0.39, 0.29) is 5.91 Å². The monoisotopic (exact) mass is 488 g/mol. The number of aryl methyl sites for hydroxylation is 3. The summed E-state index contributed by atoms with van der Waals surface area (Å²) < 4.78 is 29.0. The summed E-state index contributed by atoms with van der Waals surface area (Å²) in [7, 11) is -3.55. The van der Waals surface area contributed by atoms with E-state index >= 15 is 0 Å². The average molecular weight is 489 g/mol. The molecule has 3 aromatic rings. The van der Waals surface area contributed by atoms with E-state index in [9.17, 15) is 13.2 Å². The maximum atomic E-state index is 12.9. The lowest BCUT2D eigenvalue weighted by Gasteiger charge is -2.34. The lowest BCUT2D eigenvalue weighted by molar-refractivity contribution is -0.132. The Labute approximate surface area is 198 Å². The number of amides is 1. The van der Waals surface area contributed by atoms with Crippen LogP contribution in [-0.4, -0.2) is 75.5 Å². The largest absolute Gasteiger partial charge is 0.340 e. The van der Waals surface area contributed by atoms with Crippen molar-refractivity contribution in [1.29, 1.82) is 0 Å². The summed E-state index contributed by atoms with van der Waals surface area (Å²) in [5.74, 6) is 0.583. The molecular weight excluding hydrogens is 460 g/mol. The van der Waals surface area contributed by atoms with E-state index < -0.39 is 10.0 Å². The molecule has 33 heavy (non-hydrogen) atoms. The highest BCUT2D eigenvalue weighted by Crippen LogP contribution is 2.20. The lowest BCUT2D eigenvalue weighted by atomic mass is 10.1. The van der Waals surface area contributed by atoms with E-state index in [1.807, 2.05) is 27.0 Å². The minimum atomic E-state index is -3.55. The Morgan fingerprint density at radius 2 is 1.70 bits per heavy atom. The summed E-state index contributed by atoms with van der Waals surface area (Å²) >= 11 is 1.46. The molecule has 1 fully saturated rings. The van der Waals surface area contributed by atoms with Gasteiger partial charge in [-0.05, 0) is 51.1 Å². The Bertz CT molecular complexity index is 1280. The van der Waals surface area contributed by atoms with E-state index in [0.29, 0.717) is 54.9 Å². The van der Waals surface area contributed by atoms with Gasteiger partial charge in [-0.15, -0.1) is 5.10 Å². The Kier molecular flexibility index (Phi) is 6.73. The number of benzene rings is 1. The second kappa shape index (κ2) is 9.40. The fourth-order valence-electron chi connectivity index (χ4n) is 4.07. The number of piperazine rings is 1. The van der Waals surface area contributed by atoms with Crippen molar-refractivity contribution in [3.8, 4) is 0 Å². The van der Waals surface area contributed by atoms with Crippen LogP contribution in [0.25, 0.3) is 5.78 Å². The summed E-state index contributed by atoms with van der Waals surface area (Å²) in [6.45, 7) is 7.18. The van der Waals surface area contributed by atoms with Gasteiger partial charge >= 0.3 is 0 Å². The molecule has 0 saturated carbocycles. The van der Waals surface area contributed by atoms with Crippen molar-refractivity contribution in [2.45, 2.75) is 43.7 Å². The quantitative estimate of drug-likeness (QED) is 0.491. The van der Waals surface area contributed by atoms with Crippen molar-refractivity contribution in [2.75, 3.05) is 32.4 Å². The predicted molar refractivity (Wildman–Crippen MR) is 127 cm³/mol. The van der Waals surface area contributed by atoms with E-state index in [0.717, 1.165) is 22.5 Å². The first-order chi connectivity index (χ1) is 15.7. The summed E-state index contributed by atoms with van der Waals surface area (Å²) in [4.78, 5) is 23.8. The van der Waals surface area contributed by atoms with Crippen LogP contribution in [0.1, 0.15) is 28.9 Å². The summed E-state index contributed by atoms with van der Waals surface area (Å²) in [6.07, 6.45) is 2.81. The first-order valence-electron chi connectivity index (χ1n) is 10.8. The van der Waals surface area contributed by atoms with Crippen molar-refractivity contribution < 1.29 is 13.2 Å². The van der Waals surface area contributed by atoms with Gasteiger partial charge in [0.2, 0.25) is 21.1 Å². The number of hydrogen-bond donors (Lipinski definition) is 0. The van der Waals surface area contributed by atoms with Crippen LogP contribution in [0, 0.1) is 20.8 Å². The number of fused-ring (bicyclic) bond motifs is 1. The second-order valence-corrected chi connectivity index (χ2v) is 10.9. The Balaban J connectivity index is 1.38. The van der Waals surface area contributed by atoms with Gasteiger partial charge in [-0.3, -0.25) is 4.79 Å². The van der Waals surface area contributed by atoms with Crippen molar-refractivity contribution in [1.82, 2.24) is 28.8 Å². The highest BCUT2D eigenvalue weighted by molar-refractivity contribution is 7.98. The number of carbonyl (C=O) groups is 1. The SMILES string of the molecule is CSc1nc2nc(C)c(CCC(=O)N3CCN(S(=O)(=O)c4ccc(C)cc4)CC3)c(C)n2n1. The molecule has 0 unspecified atom stereocenters.